The van der Waals surface area contributed by atoms with E-state index >= 15 is 0 Å². The summed E-state index contributed by atoms with van der Waals surface area (Å²) in [6.45, 7) is 6.56. The molecule has 0 bridgehead atoms. The molecule has 0 aliphatic carbocycles. The van der Waals surface area contributed by atoms with Gasteiger partial charge in [-0.05, 0) is 20.8 Å². The molecule has 2 fully saturated rings. The molecule has 3 unspecified atom stereocenters. The van der Waals surface area contributed by atoms with E-state index in [9.17, 15) is 9.59 Å². The molecule has 2 heterocycles. The fourth-order valence-corrected chi connectivity index (χ4v) is 1.79. The summed E-state index contributed by atoms with van der Waals surface area (Å²) in [4.78, 5) is 32.3. The van der Waals surface area contributed by atoms with Gasteiger partial charge in [0.05, 0.1) is 13.2 Å². The Labute approximate surface area is 134 Å². The SMILES string of the molecule is CC(CC(C)(C)OOC(=O)OCC1CO1)OC(=O)OCC1CO1. The molecular formula is C14H22O9. The van der Waals surface area contributed by atoms with Gasteiger partial charge in [-0.3, -0.25) is 4.89 Å². The van der Waals surface area contributed by atoms with Crippen molar-refractivity contribution in [3.05, 3.63) is 0 Å². The van der Waals surface area contributed by atoms with E-state index in [1.807, 2.05) is 0 Å². The average molecular weight is 334 g/mol. The maximum atomic E-state index is 11.4. The summed E-state index contributed by atoms with van der Waals surface area (Å²) in [5, 5.41) is 0. The van der Waals surface area contributed by atoms with Crippen LogP contribution in [-0.4, -0.2) is 62.7 Å². The number of carbonyl (C=O) groups excluding carboxylic acids is 2. The lowest BCUT2D eigenvalue weighted by molar-refractivity contribution is -0.321. The molecule has 0 spiro atoms. The number of epoxide rings is 2. The molecule has 9 heteroatoms. The summed E-state index contributed by atoms with van der Waals surface area (Å²) in [5.41, 5.74) is -0.867. The van der Waals surface area contributed by atoms with Crippen molar-refractivity contribution < 1.29 is 43.0 Å². The Morgan fingerprint density at radius 2 is 1.61 bits per heavy atom. The molecule has 132 valence electrons. The second-order valence-electron chi connectivity index (χ2n) is 6.09. The Balaban J connectivity index is 1.58. The lowest BCUT2D eigenvalue weighted by Crippen LogP contribution is -2.32. The summed E-state index contributed by atoms with van der Waals surface area (Å²) in [6.07, 6.45) is -1.97. The number of hydrogen-bond donors (Lipinski definition) is 0. The largest absolute Gasteiger partial charge is 0.540 e. The highest BCUT2D eigenvalue weighted by molar-refractivity contribution is 5.60. The number of hydrogen-bond acceptors (Lipinski definition) is 9. The van der Waals surface area contributed by atoms with Crippen LogP contribution in [0.3, 0.4) is 0 Å². The molecule has 0 radical (unpaired) electrons. The van der Waals surface area contributed by atoms with Gasteiger partial charge < -0.3 is 23.7 Å². The Morgan fingerprint density at radius 1 is 1.09 bits per heavy atom. The van der Waals surface area contributed by atoms with E-state index < -0.39 is 24.0 Å². The van der Waals surface area contributed by atoms with Crippen molar-refractivity contribution in [2.45, 2.75) is 51.1 Å². The van der Waals surface area contributed by atoms with E-state index in [0.29, 0.717) is 19.6 Å². The second kappa shape index (κ2) is 7.80. The van der Waals surface area contributed by atoms with Gasteiger partial charge in [0.15, 0.2) is 0 Å². The number of ether oxygens (including phenoxy) is 5. The molecule has 2 saturated heterocycles. The van der Waals surface area contributed by atoms with Crippen molar-refractivity contribution in [1.82, 2.24) is 0 Å². The summed E-state index contributed by atoms with van der Waals surface area (Å²) in [6, 6.07) is 0. The first kappa shape index (κ1) is 17.8. The van der Waals surface area contributed by atoms with E-state index in [2.05, 4.69) is 4.89 Å². The highest BCUT2D eigenvalue weighted by Crippen LogP contribution is 2.20. The number of rotatable bonds is 9. The summed E-state index contributed by atoms with van der Waals surface area (Å²) < 4.78 is 24.5. The van der Waals surface area contributed by atoms with Crippen LogP contribution < -0.4 is 0 Å². The van der Waals surface area contributed by atoms with Gasteiger partial charge in [0.1, 0.15) is 37.1 Å². The van der Waals surface area contributed by atoms with E-state index in [1.165, 1.54) is 0 Å². The Morgan fingerprint density at radius 3 is 2.13 bits per heavy atom. The van der Waals surface area contributed by atoms with Crippen LogP contribution in [0.1, 0.15) is 27.2 Å². The predicted molar refractivity (Wildman–Crippen MR) is 73.6 cm³/mol. The Kier molecular flexibility index (Phi) is 6.03. The summed E-state index contributed by atoms with van der Waals surface area (Å²) in [7, 11) is 0. The minimum atomic E-state index is -0.939. The molecule has 0 aromatic heterocycles. The molecular weight excluding hydrogens is 312 g/mol. The molecule has 23 heavy (non-hydrogen) atoms. The molecule has 0 saturated carbocycles. The minimum absolute atomic E-state index is 0.0157. The zero-order valence-electron chi connectivity index (χ0n) is 13.4. The van der Waals surface area contributed by atoms with Crippen LogP contribution in [0.2, 0.25) is 0 Å². The summed E-state index contributed by atoms with van der Waals surface area (Å²) in [5.74, 6) is 0. The third kappa shape index (κ3) is 8.00. The molecule has 2 aliphatic heterocycles. The van der Waals surface area contributed by atoms with Gasteiger partial charge in [0.25, 0.3) is 0 Å². The first-order chi connectivity index (χ1) is 10.8. The molecule has 0 N–H and O–H groups in total. The van der Waals surface area contributed by atoms with Crippen molar-refractivity contribution >= 4 is 12.3 Å². The highest BCUT2D eigenvalue weighted by atomic mass is 17.2. The molecule has 0 aromatic carbocycles. The first-order valence-corrected chi connectivity index (χ1v) is 7.43. The van der Waals surface area contributed by atoms with Gasteiger partial charge >= 0.3 is 12.3 Å². The van der Waals surface area contributed by atoms with Crippen LogP contribution in [0.15, 0.2) is 0 Å². The van der Waals surface area contributed by atoms with Crippen molar-refractivity contribution in [3.63, 3.8) is 0 Å². The fraction of sp³-hybridized carbons (Fsp3) is 0.857. The van der Waals surface area contributed by atoms with Crippen LogP contribution in [0.25, 0.3) is 0 Å². The van der Waals surface area contributed by atoms with Gasteiger partial charge in [-0.2, -0.15) is 4.89 Å². The van der Waals surface area contributed by atoms with Crippen molar-refractivity contribution in [1.29, 1.82) is 0 Å². The highest BCUT2D eigenvalue weighted by Gasteiger charge is 2.30. The van der Waals surface area contributed by atoms with Crippen LogP contribution >= 0.6 is 0 Å². The quantitative estimate of drug-likeness (QED) is 0.269. The van der Waals surface area contributed by atoms with E-state index in [-0.39, 0.29) is 25.4 Å². The predicted octanol–water partition coefficient (Wildman–Crippen LogP) is 1.58. The molecule has 0 aromatic rings. The van der Waals surface area contributed by atoms with Crippen LogP contribution in [0.4, 0.5) is 9.59 Å². The van der Waals surface area contributed by atoms with Crippen molar-refractivity contribution in [3.8, 4) is 0 Å². The molecule has 9 nitrogen and oxygen atoms in total. The standard InChI is InChI=1S/C14H22O9/c1-9(21-12(15)19-7-10-5-17-10)4-14(2,3)23-22-13(16)20-8-11-6-18-11/h9-11H,4-8H2,1-3H3. The van der Waals surface area contributed by atoms with Crippen molar-refractivity contribution in [2.24, 2.45) is 0 Å². The molecule has 2 aliphatic rings. The van der Waals surface area contributed by atoms with Crippen LogP contribution in [0.5, 0.6) is 0 Å². The van der Waals surface area contributed by atoms with Crippen molar-refractivity contribution in [2.75, 3.05) is 26.4 Å². The zero-order valence-corrected chi connectivity index (χ0v) is 13.4. The topological polar surface area (TPSA) is 105 Å². The fourth-order valence-electron chi connectivity index (χ4n) is 1.79. The van der Waals surface area contributed by atoms with Gasteiger partial charge in [0, 0.05) is 6.42 Å². The normalized spacial score (nSPS) is 23.6. The van der Waals surface area contributed by atoms with Gasteiger partial charge in [0.2, 0.25) is 0 Å². The van der Waals surface area contributed by atoms with Crippen LogP contribution in [-0.2, 0) is 33.5 Å². The molecule has 2 rings (SSSR count). The van der Waals surface area contributed by atoms with Gasteiger partial charge in [-0.25, -0.2) is 9.59 Å². The van der Waals surface area contributed by atoms with Crippen LogP contribution in [0, 0.1) is 0 Å². The smallest absolute Gasteiger partial charge is 0.431 e. The Bertz CT molecular complexity index is 414. The summed E-state index contributed by atoms with van der Waals surface area (Å²) >= 11 is 0. The maximum Gasteiger partial charge on any atom is 0.540 e. The Hall–Kier alpha value is -1.58. The third-order valence-corrected chi connectivity index (χ3v) is 2.99. The number of carbonyl (C=O) groups is 2. The van der Waals surface area contributed by atoms with E-state index in [1.54, 1.807) is 20.8 Å². The van der Waals surface area contributed by atoms with E-state index in [4.69, 9.17) is 28.6 Å². The molecule has 0 amide bonds. The lowest BCUT2D eigenvalue weighted by atomic mass is 10.0. The minimum Gasteiger partial charge on any atom is -0.431 e. The second-order valence-corrected chi connectivity index (χ2v) is 6.09. The average Bonchev–Trinajstić information content (AvgIpc) is 3.35. The molecule has 3 atom stereocenters. The van der Waals surface area contributed by atoms with Gasteiger partial charge in [-0.1, -0.05) is 0 Å². The zero-order chi connectivity index (χ0) is 16.9. The third-order valence-electron chi connectivity index (χ3n) is 2.99. The maximum absolute atomic E-state index is 11.4. The van der Waals surface area contributed by atoms with E-state index in [0.717, 1.165) is 0 Å². The monoisotopic (exact) mass is 334 g/mol. The lowest BCUT2D eigenvalue weighted by Gasteiger charge is -2.25. The first-order valence-electron chi connectivity index (χ1n) is 7.43. The van der Waals surface area contributed by atoms with Gasteiger partial charge in [-0.15, -0.1) is 0 Å².